The van der Waals surface area contributed by atoms with Crippen LogP contribution in [0.2, 0.25) is 0 Å². The van der Waals surface area contributed by atoms with E-state index in [1.165, 1.54) is 30.2 Å². The van der Waals surface area contributed by atoms with Gasteiger partial charge in [-0.2, -0.15) is 0 Å². The predicted octanol–water partition coefficient (Wildman–Crippen LogP) is 6.27. The van der Waals surface area contributed by atoms with Gasteiger partial charge in [-0.1, -0.05) is 18.1 Å². The third-order valence-electron chi connectivity index (χ3n) is 9.96. The highest BCUT2D eigenvalue weighted by Gasteiger charge is 2.76. The zero-order chi connectivity index (χ0) is 34.9. The molecule has 254 valence electrons. The van der Waals surface area contributed by atoms with Crippen molar-refractivity contribution >= 4 is 90.3 Å². The Kier molecular flexibility index (Phi) is 9.23. The van der Waals surface area contributed by atoms with E-state index in [0.717, 1.165) is 17.0 Å². The first-order valence-corrected chi connectivity index (χ1v) is 17.6. The lowest BCUT2D eigenvalue weighted by Crippen LogP contribution is -2.60. The molecule has 4 amide bonds. The van der Waals surface area contributed by atoms with Crippen molar-refractivity contribution < 1.29 is 43.3 Å². The number of carbonyl (C=O) groups is 5. The number of carboxylic acid groups (broad SMARTS) is 1. The third kappa shape index (κ3) is 5.10. The maximum atomic E-state index is 14.5. The maximum absolute atomic E-state index is 14.5. The molecule has 0 bridgehead atoms. The Bertz CT molecular complexity index is 1790. The van der Waals surface area contributed by atoms with E-state index in [0.29, 0.717) is 34.9 Å². The summed E-state index contributed by atoms with van der Waals surface area (Å²) in [6.45, 7) is 0.116. The van der Waals surface area contributed by atoms with E-state index in [-0.39, 0.29) is 53.4 Å². The van der Waals surface area contributed by atoms with E-state index in [1.807, 2.05) is 0 Å². The average molecular weight is 831 g/mol. The zero-order valence-corrected chi connectivity index (χ0v) is 30.0. The van der Waals surface area contributed by atoms with Crippen LogP contribution in [0.3, 0.4) is 0 Å². The number of imide groups is 2. The normalized spacial score (nSPS) is 29.5. The molecule has 2 heterocycles. The molecule has 6 atom stereocenters. The number of benzene rings is 2. The first-order valence-electron chi connectivity index (χ1n) is 15.2. The van der Waals surface area contributed by atoms with Crippen LogP contribution in [0.4, 0.5) is 10.1 Å². The first-order chi connectivity index (χ1) is 22.7. The molecule has 0 aromatic heterocycles. The molecule has 15 heteroatoms. The second-order valence-corrected chi connectivity index (χ2v) is 15.3. The van der Waals surface area contributed by atoms with Gasteiger partial charge in [0.25, 0.3) is 11.8 Å². The molecule has 2 saturated heterocycles. The molecule has 2 aliphatic heterocycles. The molecule has 4 aliphatic rings. The topological polar surface area (TPSA) is 142 Å². The lowest BCUT2D eigenvalue weighted by Gasteiger charge is -2.51. The van der Waals surface area contributed by atoms with Crippen LogP contribution in [0.25, 0.3) is 0 Å². The second-order valence-electron chi connectivity index (χ2n) is 12.4. The maximum Gasteiger partial charge on any atom is 0.303 e. The number of nitrogens with zero attached hydrogens (tertiary/aromatic N) is 2. The van der Waals surface area contributed by atoms with Crippen molar-refractivity contribution in [1.82, 2.24) is 4.90 Å². The van der Waals surface area contributed by atoms with Crippen molar-refractivity contribution in [3.63, 3.8) is 0 Å². The number of ether oxygens (including phenoxy) is 1. The monoisotopic (exact) mass is 828 g/mol. The summed E-state index contributed by atoms with van der Waals surface area (Å²) in [7, 11) is 1.34. The number of methoxy groups -OCH3 is 1. The van der Waals surface area contributed by atoms with Gasteiger partial charge in [0.05, 0.1) is 29.1 Å². The van der Waals surface area contributed by atoms with Crippen LogP contribution in [0.5, 0.6) is 11.5 Å². The number of hydrogen-bond acceptors (Lipinski definition) is 7. The largest absolute Gasteiger partial charge is 0.503 e. The van der Waals surface area contributed by atoms with Crippen molar-refractivity contribution in [3.8, 4) is 11.5 Å². The molecular formula is C33H29Br2Cl2FN2O8. The minimum absolute atomic E-state index is 0.0166. The molecule has 3 fully saturated rings. The molecule has 2 aromatic carbocycles. The number of allylic oxidation sites excluding steroid dienone is 2. The van der Waals surface area contributed by atoms with Crippen LogP contribution in [-0.2, 0) is 24.0 Å². The Morgan fingerprint density at radius 1 is 1.02 bits per heavy atom. The number of alkyl halides is 2. The van der Waals surface area contributed by atoms with Gasteiger partial charge in [-0.15, -0.1) is 23.2 Å². The van der Waals surface area contributed by atoms with E-state index < -0.39 is 62.9 Å². The summed E-state index contributed by atoms with van der Waals surface area (Å²) in [4.78, 5) is 65.3. The van der Waals surface area contributed by atoms with Crippen LogP contribution in [-0.4, -0.2) is 68.1 Å². The van der Waals surface area contributed by atoms with Gasteiger partial charge < -0.3 is 14.9 Å². The van der Waals surface area contributed by atoms with E-state index in [2.05, 4.69) is 31.9 Å². The number of fused-ring (bicyclic) bond motifs is 4. The van der Waals surface area contributed by atoms with Gasteiger partial charge in [-0.3, -0.25) is 28.9 Å². The van der Waals surface area contributed by atoms with Gasteiger partial charge in [0.1, 0.15) is 5.82 Å². The Labute approximate surface area is 301 Å². The number of carbonyl (C=O) groups excluding carboxylic acids is 4. The third-order valence-corrected chi connectivity index (χ3v) is 13.5. The molecule has 6 unspecified atom stereocenters. The number of rotatable bonds is 9. The molecule has 10 nitrogen and oxygen atoms in total. The molecule has 2 aromatic rings. The summed E-state index contributed by atoms with van der Waals surface area (Å²) in [5, 5.41) is 19.7. The number of likely N-dealkylation sites (tertiary alicyclic amines) is 1. The summed E-state index contributed by atoms with van der Waals surface area (Å²) in [5.41, 5.74) is 0.925. The quantitative estimate of drug-likeness (QED) is 0.130. The van der Waals surface area contributed by atoms with Crippen molar-refractivity contribution in [2.24, 2.45) is 17.8 Å². The number of aromatic hydroxyl groups is 1. The predicted molar refractivity (Wildman–Crippen MR) is 179 cm³/mol. The number of hydrogen-bond donors (Lipinski definition) is 2. The van der Waals surface area contributed by atoms with Crippen molar-refractivity contribution in [2.45, 2.75) is 54.2 Å². The van der Waals surface area contributed by atoms with E-state index in [1.54, 1.807) is 6.08 Å². The van der Waals surface area contributed by atoms with E-state index in [4.69, 9.17) is 33.0 Å². The summed E-state index contributed by atoms with van der Waals surface area (Å²) in [6.07, 6.45) is 3.02. The molecule has 0 radical (unpaired) electrons. The fraction of sp³-hybridized carbons (Fsp3) is 0.424. The Balaban J connectivity index is 1.47. The van der Waals surface area contributed by atoms with Crippen molar-refractivity contribution in [2.75, 3.05) is 18.6 Å². The van der Waals surface area contributed by atoms with E-state index >= 15 is 0 Å². The fourth-order valence-electron chi connectivity index (χ4n) is 7.73. The molecule has 48 heavy (non-hydrogen) atoms. The Morgan fingerprint density at radius 3 is 2.35 bits per heavy atom. The lowest BCUT2D eigenvalue weighted by molar-refractivity contribution is -0.141. The van der Waals surface area contributed by atoms with Crippen molar-refractivity contribution in [1.29, 1.82) is 0 Å². The number of aliphatic carboxylic acids is 1. The number of phenols is 1. The highest BCUT2D eigenvalue weighted by Crippen LogP contribution is 2.67. The fourth-order valence-corrected chi connectivity index (χ4v) is 9.61. The minimum Gasteiger partial charge on any atom is -0.503 e. The van der Waals surface area contributed by atoms with Gasteiger partial charge in [-0.05, 0) is 99.4 Å². The van der Waals surface area contributed by atoms with Gasteiger partial charge in [0.2, 0.25) is 11.8 Å². The number of halogens is 5. The van der Waals surface area contributed by atoms with Gasteiger partial charge in [0, 0.05) is 23.4 Å². The molecule has 1 saturated carbocycles. The highest BCUT2D eigenvalue weighted by atomic mass is 79.9. The average Bonchev–Trinajstić information content (AvgIpc) is 3.38. The van der Waals surface area contributed by atoms with E-state index in [9.17, 15) is 33.5 Å². The van der Waals surface area contributed by atoms with Crippen LogP contribution >= 0.6 is 55.1 Å². The zero-order valence-electron chi connectivity index (χ0n) is 25.4. The van der Waals surface area contributed by atoms with Gasteiger partial charge in [-0.25, -0.2) is 9.29 Å². The SMILES string of the molecule is COc1cc(C2C3=CCC4C(=O)N(CCCCCC(=O)O)C(=O)C4C3CC3(Cl)C(=O)N(c4ccc(F)cc4)C(=O)C23Cl)c(Br)c(Br)c1O. The van der Waals surface area contributed by atoms with Crippen LogP contribution in [0.1, 0.15) is 50.0 Å². The molecule has 2 aliphatic carbocycles. The smallest absolute Gasteiger partial charge is 0.303 e. The Morgan fingerprint density at radius 2 is 1.71 bits per heavy atom. The number of amides is 4. The highest BCUT2D eigenvalue weighted by molar-refractivity contribution is 9.13. The Hall–Kier alpha value is -3.00. The molecular weight excluding hydrogens is 802 g/mol. The van der Waals surface area contributed by atoms with Gasteiger partial charge in [0.15, 0.2) is 21.2 Å². The first kappa shape index (κ1) is 34.8. The van der Waals surface area contributed by atoms with Crippen molar-refractivity contribution in [3.05, 3.63) is 62.3 Å². The summed E-state index contributed by atoms with van der Waals surface area (Å²) in [5.74, 6) is -7.81. The minimum atomic E-state index is -2.17. The number of phenolic OH excluding ortho intramolecular Hbond substituents is 1. The van der Waals surface area contributed by atoms with Gasteiger partial charge >= 0.3 is 5.97 Å². The summed E-state index contributed by atoms with van der Waals surface area (Å²) >= 11 is 21.7. The summed E-state index contributed by atoms with van der Waals surface area (Å²) < 4.78 is 19.8. The number of carboxylic acids is 1. The van der Waals surface area contributed by atoms with Crippen LogP contribution < -0.4 is 9.64 Å². The second kappa shape index (κ2) is 12.7. The number of unbranched alkanes of at least 4 members (excludes halogenated alkanes) is 2. The molecule has 2 N–H and O–H groups in total. The van der Waals surface area contributed by atoms with Crippen LogP contribution in [0.15, 0.2) is 50.9 Å². The lowest BCUT2D eigenvalue weighted by atomic mass is 9.56. The molecule has 0 spiro atoms. The standard InChI is InChI=1S/C33H29Br2Cl2FN2O8/c1-48-21-13-19(25(34)26(35)27(21)43)24-17-10-11-18-23(29(45)39(28(18)44)12-4-2-3-5-22(41)42)20(17)14-32(36)30(46)40(31(47)33(24,32)37)16-8-6-15(38)7-9-16/h6-10,13,18,20,23-24,43H,2-5,11-12,14H2,1H3,(H,41,42). The number of anilines is 1. The van der Waals surface area contributed by atoms with Crippen LogP contribution in [0, 0.1) is 23.6 Å². The molecule has 6 rings (SSSR count). The summed E-state index contributed by atoms with van der Waals surface area (Å²) in [6, 6.07) is 6.21.